The molecule has 20 heavy (non-hydrogen) atoms. The minimum Gasteiger partial charge on any atom is -0.497 e. The van der Waals surface area contributed by atoms with E-state index in [0.717, 1.165) is 18.8 Å². The predicted octanol–water partition coefficient (Wildman–Crippen LogP) is 3.22. The Balaban J connectivity index is 2.26. The molecule has 1 aliphatic rings. The SMILES string of the molecule is CCC1CNC(C(C)C)CN1c1ccc(OC)cc1C. The summed E-state index contributed by atoms with van der Waals surface area (Å²) < 4.78 is 5.32. The maximum atomic E-state index is 5.32. The van der Waals surface area contributed by atoms with E-state index in [0.29, 0.717) is 18.0 Å². The van der Waals surface area contributed by atoms with E-state index in [1.54, 1.807) is 7.11 Å². The third-order valence-corrected chi connectivity index (χ3v) is 4.44. The van der Waals surface area contributed by atoms with Crippen molar-refractivity contribution in [3.63, 3.8) is 0 Å². The first-order valence-electron chi connectivity index (χ1n) is 7.71. The molecule has 1 saturated heterocycles. The molecule has 0 aromatic heterocycles. The second-order valence-corrected chi connectivity index (χ2v) is 6.13. The molecule has 0 aliphatic carbocycles. The van der Waals surface area contributed by atoms with Gasteiger partial charge < -0.3 is 15.0 Å². The Morgan fingerprint density at radius 2 is 2.15 bits per heavy atom. The maximum absolute atomic E-state index is 5.32. The molecular weight excluding hydrogens is 248 g/mol. The summed E-state index contributed by atoms with van der Waals surface area (Å²) in [5.74, 6) is 1.60. The zero-order valence-corrected chi connectivity index (χ0v) is 13.4. The molecule has 0 radical (unpaired) electrons. The third kappa shape index (κ3) is 3.09. The number of nitrogens with one attached hydrogen (secondary N) is 1. The van der Waals surface area contributed by atoms with E-state index in [1.807, 2.05) is 0 Å². The lowest BCUT2D eigenvalue weighted by Gasteiger charge is -2.43. The molecular formula is C17H28N2O. The van der Waals surface area contributed by atoms with E-state index >= 15 is 0 Å². The molecule has 0 spiro atoms. The van der Waals surface area contributed by atoms with Gasteiger partial charge in [-0.15, -0.1) is 0 Å². The van der Waals surface area contributed by atoms with Crippen LogP contribution in [0.5, 0.6) is 5.75 Å². The number of benzene rings is 1. The number of aryl methyl sites for hydroxylation is 1. The highest BCUT2D eigenvalue weighted by molar-refractivity contribution is 5.57. The summed E-state index contributed by atoms with van der Waals surface area (Å²) in [7, 11) is 1.73. The van der Waals surface area contributed by atoms with E-state index in [4.69, 9.17) is 4.74 Å². The summed E-state index contributed by atoms with van der Waals surface area (Å²) >= 11 is 0. The fraction of sp³-hybridized carbons (Fsp3) is 0.647. The van der Waals surface area contributed by atoms with E-state index in [9.17, 15) is 0 Å². The lowest BCUT2D eigenvalue weighted by atomic mass is 9.97. The van der Waals surface area contributed by atoms with Crippen molar-refractivity contribution >= 4 is 5.69 Å². The van der Waals surface area contributed by atoms with Crippen LogP contribution >= 0.6 is 0 Å². The minimum atomic E-state index is 0.569. The number of hydrogen-bond donors (Lipinski definition) is 1. The highest BCUT2D eigenvalue weighted by Crippen LogP contribution is 2.29. The number of hydrogen-bond acceptors (Lipinski definition) is 3. The van der Waals surface area contributed by atoms with E-state index < -0.39 is 0 Å². The summed E-state index contributed by atoms with van der Waals surface area (Å²) in [5.41, 5.74) is 2.65. The monoisotopic (exact) mass is 276 g/mol. The Morgan fingerprint density at radius 1 is 1.40 bits per heavy atom. The zero-order chi connectivity index (χ0) is 14.7. The number of piperazine rings is 1. The molecule has 0 saturated carbocycles. The molecule has 1 heterocycles. The van der Waals surface area contributed by atoms with Crippen LogP contribution in [0.2, 0.25) is 0 Å². The molecule has 1 aromatic rings. The lowest BCUT2D eigenvalue weighted by Crippen LogP contribution is -2.58. The largest absolute Gasteiger partial charge is 0.497 e. The van der Waals surface area contributed by atoms with Crippen LogP contribution in [0.4, 0.5) is 5.69 Å². The van der Waals surface area contributed by atoms with Crippen molar-refractivity contribution < 1.29 is 4.74 Å². The number of nitrogens with zero attached hydrogens (tertiary/aromatic N) is 1. The topological polar surface area (TPSA) is 24.5 Å². The number of rotatable bonds is 4. The average molecular weight is 276 g/mol. The molecule has 2 unspecified atom stereocenters. The Hall–Kier alpha value is -1.22. The van der Waals surface area contributed by atoms with Gasteiger partial charge in [0.2, 0.25) is 0 Å². The van der Waals surface area contributed by atoms with Gasteiger partial charge in [0, 0.05) is 30.9 Å². The summed E-state index contributed by atoms with van der Waals surface area (Å²) in [6, 6.07) is 7.56. The minimum absolute atomic E-state index is 0.569. The van der Waals surface area contributed by atoms with Crippen LogP contribution in [0.1, 0.15) is 32.8 Å². The van der Waals surface area contributed by atoms with Crippen molar-refractivity contribution in [2.75, 3.05) is 25.1 Å². The predicted molar refractivity (Wildman–Crippen MR) is 85.8 cm³/mol. The van der Waals surface area contributed by atoms with Crippen molar-refractivity contribution in [2.45, 2.75) is 46.2 Å². The fourth-order valence-corrected chi connectivity index (χ4v) is 3.01. The van der Waals surface area contributed by atoms with Crippen LogP contribution in [0.25, 0.3) is 0 Å². The summed E-state index contributed by atoms with van der Waals surface area (Å²) in [6.07, 6.45) is 1.17. The molecule has 0 bridgehead atoms. The molecule has 1 N–H and O–H groups in total. The average Bonchev–Trinajstić information content (AvgIpc) is 2.46. The summed E-state index contributed by atoms with van der Waals surface area (Å²) in [5, 5.41) is 3.69. The highest BCUT2D eigenvalue weighted by atomic mass is 16.5. The first-order valence-corrected chi connectivity index (χ1v) is 7.71. The van der Waals surface area contributed by atoms with Gasteiger partial charge in [0.05, 0.1) is 7.11 Å². The van der Waals surface area contributed by atoms with Crippen LogP contribution in [0, 0.1) is 12.8 Å². The molecule has 1 aromatic carbocycles. The van der Waals surface area contributed by atoms with Crippen molar-refractivity contribution in [2.24, 2.45) is 5.92 Å². The van der Waals surface area contributed by atoms with Gasteiger partial charge in [-0.25, -0.2) is 0 Å². The van der Waals surface area contributed by atoms with Crippen molar-refractivity contribution in [3.8, 4) is 5.75 Å². The van der Waals surface area contributed by atoms with Crippen LogP contribution in [0.15, 0.2) is 18.2 Å². The molecule has 0 amide bonds. The van der Waals surface area contributed by atoms with Crippen molar-refractivity contribution in [3.05, 3.63) is 23.8 Å². The molecule has 3 nitrogen and oxygen atoms in total. The molecule has 1 aliphatic heterocycles. The first-order chi connectivity index (χ1) is 9.56. The van der Waals surface area contributed by atoms with Gasteiger partial charge in [-0.2, -0.15) is 0 Å². The van der Waals surface area contributed by atoms with E-state index in [1.165, 1.54) is 17.7 Å². The first kappa shape index (κ1) is 15.2. The zero-order valence-electron chi connectivity index (χ0n) is 13.4. The second kappa shape index (κ2) is 6.49. The quantitative estimate of drug-likeness (QED) is 0.914. The fourth-order valence-electron chi connectivity index (χ4n) is 3.01. The summed E-state index contributed by atoms with van der Waals surface area (Å²) in [4.78, 5) is 2.58. The Bertz CT molecular complexity index is 445. The second-order valence-electron chi connectivity index (χ2n) is 6.13. The summed E-state index contributed by atoms with van der Waals surface area (Å²) in [6.45, 7) is 11.2. The number of methoxy groups -OCH3 is 1. The van der Waals surface area contributed by atoms with Gasteiger partial charge in [-0.3, -0.25) is 0 Å². The van der Waals surface area contributed by atoms with E-state index in [2.05, 4.69) is 56.1 Å². The molecule has 3 heteroatoms. The smallest absolute Gasteiger partial charge is 0.119 e. The number of anilines is 1. The van der Waals surface area contributed by atoms with Crippen LogP contribution < -0.4 is 15.0 Å². The van der Waals surface area contributed by atoms with Gasteiger partial charge in [-0.1, -0.05) is 20.8 Å². The molecule has 2 atom stereocenters. The molecule has 2 rings (SSSR count). The van der Waals surface area contributed by atoms with Gasteiger partial charge >= 0.3 is 0 Å². The van der Waals surface area contributed by atoms with Gasteiger partial charge in [0.1, 0.15) is 5.75 Å². The highest BCUT2D eigenvalue weighted by Gasteiger charge is 2.29. The third-order valence-electron chi connectivity index (χ3n) is 4.44. The van der Waals surface area contributed by atoms with Crippen molar-refractivity contribution in [1.29, 1.82) is 0 Å². The van der Waals surface area contributed by atoms with Crippen molar-refractivity contribution in [1.82, 2.24) is 5.32 Å². The molecule has 112 valence electrons. The van der Waals surface area contributed by atoms with Crippen LogP contribution in [-0.4, -0.2) is 32.3 Å². The van der Waals surface area contributed by atoms with Gasteiger partial charge in [-0.05, 0) is 43.0 Å². The molecule has 1 fully saturated rings. The van der Waals surface area contributed by atoms with Gasteiger partial charge in [0.25, 0.3) is 0 Å². The van der Waals surface area contributed by atoms with E-state index in [-0.39, 0.29) is 0 Å². The lowest BCUT2D eigenvalue weighted by molar-refractivity contribution is 0.325. The van der Waals surface area contributed by atoms with Crippen LogP contribution in [0.3, 0.4) is 0 Å². The Kier molecular flexibility index (Phi) is 4.92. The maximum Gasteiger partial charge on any atom is 0.119 e. The Morgan fingerprint density at radius 3 is 2.70 bits per heavy atom. The normalized spacial score (nSPS) is 23.2. The number of ether oxygens (including phenoxy) is 1. The Labute approximate surface area is 123 Å². The van der Waals surface area contributed by atoms with Gasteiger partial charge in [0.15, 0.2) is 0 Å². The standard InChI is InChI=1S/C17H28N2O/c1-6-14-10-18-16(12(2)3)11-19(14)17-8-7-15(20-5)9-13(17)4/h7-9,12,14,16,18H,6,10-11H2,1-5H3. The van der Waals surface area contributed by atoms with Crippen LogP contribution in [-0.2, 0) is 0 Å².